The number of nitrogens with zero attached hydrogens (tertiary/aromatic N) is 1. The van der Waals surface area contributed by atoms with E-state index in [1.807, 2.05) is 13.8 Å². The molecule has 0 amide bonds. The number of esters is 1. The van der Waals surface area contributed by atoms with Gasteiger partial charge in [-0.2, -0.15) is 0 Å². The fraction of sp³-hybridized carbons (Fsp3) is 0.500. The Hall–Kier alpha value is -2.35. The van der Waals surface area contributed by atoms with E-state index in [0.717, 1.165) is 6.07 Å². The van der Waals surface area contributed by atoms with E-state index in [1.54, 1.807) is 0 Å². The van der Waals surface area contributed by atoms with E-state index in [1.165, 1.54) is 27.4 Å². The van der Waals surface area contributed by atoms with Gasteiger partial charge in [0.1, 0.15) is 5.75 Å². The highest BCUT2D eigenvalue weighted by atomic mass is 16.6. The summed E-state index contributed by atoms with van der Waals surface area (Å²) in [4.78, 5) is 22.0. The van der Waals surface area contributed by atoms with Crippen molar-refractivity contribution in [3.63, 3.8) is 0 Å². The molecule has 0 saturated heterocycles. The largest absolute Gasteiger partial charge is 0.494 e. The summed E-state index contributed by atoms with van der Waals surface area (Å²) < 4.78 is 14.5. The number of hydrogen-bond acceptors (Lipinski definition) is 7. The van der Waals surface area contributed by atoms with Gasteiger partial charge in [-0.3, -0.25) is 10.1 Å². The molecule has 0 aromatic heterocycles. The van der Waals surface area contributed by atoms with Gasteiger partial charge in [0.05, 0.1) is 31.3 Å². The Bertz CT molecular complexity index is 504. The van der Waals surface area contributed by atoms with Crippen molar-refractivity contribution >= 4 is 17.3 Å². The lowest BCUT2D eigenvalue weighted by Gasteiger charge is -2.12. The van der Waals surface area contributed by atoms with Gasteiger partial charge in [0, 0.05) is 19.7 Å². The molecular formula is C14H22N2O6. The van der Waals surface area contributed by atoms with Gasteiger partial charge in [0.25, 0.3) is 5.69 Å². The molecular weight excluding hydrogens is 292 g/mol. The zero-order valence-corrected chi connectivity index (χ0v) is 13.5. The van der Waals surface area contributed by atoms with Crippen LogP contribution in [0, 0.1) is 10.1 Å². The Morgan fingerprint density at radius 2 is 1.91 bits per heavy atom. The molecule has 0 spiro atoms. The van der Waals surface area contributed by atoms with Crippen molar-refractivity contribution < 1.29 is 23.9 Å². The highest BCUT2D eigenvalue weighted by molar-refractivity contribution is 5.92. The molecule has 0 saturated carbocycles. The summed E-state index contributed by atoms with van der Waals surface area (Å²) in [5.41, 5.74) is -0.0172. The summed E-state index contributed by atoms with van der Waals surface area (Å²) in [6, 6.07) is 2.53. The van der Waals surface area contributed by atoms with Gasteiger partial charge in [-0.25, -0.2) is 4.79 Å². The van der Waals surface area contributed by atoms with Gasteiger partial charge < -0.3 is 19.5 Å². The molecule has 0 fully saturated rings. The minimum atomic E-state index is -0.671. The Morgan fingerprint density at radius 1 is 1.27 bits per heavy atom. The molecule has 0 aliphatic rings. The molecule has 1 aromatic carbocycles. The van der Waals surface area contributed by atoms with Crippen LogP contribution >= 0.6 is 0 Å². The van der Waals surface area contributed by atoms with E-state index >= 15 is 0 Å². The summed E-state index contributed by atoms with van der Waals surface area (Å²) >= 11 is 0. The second-order valence-corrected chi connectivity index (χ2v) is 3.74. The molecule has 0 bridgehead atoms. The summed E-state index contributed by atoms with van der Waals surface area (Å²) in [6.07, 6.45) is 0. The first kappa shape index (κ1) is 19.7. The lowest BCUT2D eigenvalue weighted by Crippen LogP contribution is -2.12. The van der Waals surface area contributed by atoms with Gasteiger partial charge >= 0.3 is 5.97 Å². The Kier molecular flexibility index (Phi) is 9.28. The molecule has 0 aliphatic heterocycles. The van der Waals surface area contributed by atoms with Crippen LogP contribution in [0.3, 0.4) is 0 Å². The number of ether oxygens (including phenoxy) is 3. The third kappa shape index (κ3) is 5.21. The molecule has 0 atom stereocenters. The average molecular weight is 314 g/mol. The first-order chi connectivity index (χ1) is 10.5. The average Bonchev–Trinajstić information content (AvgIpc) is 2.55. The maximum Gasteiger partial charge on any atom is 0.338 e. The van der Waals surface area contributed by atoms with E-state index in [-0.39, 0.29) is 22.7 Å². The fourth-order valence-electron chi connectivity index (χ4n) is 1.60. The number of nitro benzene ring substituents is 1. The zero-order chi connectivity index (χ0) is 17.1. The molecule has 0 aliphatic carbocycles. The molecule has 1 N–H and O–H groups in total. The minimum Gasteiger partial charge on any atom is -0.494 e. The van der Waals surface area contributed by atoms with Crippen molar-refractivity contribution in [1.82, 2.24) is 0 Å². The molecule has 124 valence electrons. The Morgan fingerprint density at radius 3 is 2.36 bits per heavy atom. The first-order valence-corrected chi connectivity index (χ1v) is 6.72. The van der Waals surface area contributed by atoms with Gasteiger partial charge in [0.2, 0.25) is 0 Å². The summed E-state index contributed by atoms with van der Waals surface area (Å²) in [7, 11) is 4.08. The zero-order valence-electron chi connectivity index (χ0n) is 13.5. The minimum absolute atomic E-state index is 0.0494. The molecule has 8 heteroatoms. The smallest absolute Gasteiger partial charge is 0.338 e. The molecule has 0 radical (unpaired) electrons. The lowest BCUT2D eigenvalue weighted by molar-refractivity contribution is -0.384. The van der Waals surface area contributed by atoms with Crippen molar-refractivity contribution in [1.29, 1.82) is 0 Å². The van der Waals surface area contributed by atoms with Crippen LogP contribution < -0.4 is 10.1 Å². The molecule has 1 aromatic rings. The predicted molar refractivity (Wildman–Crippen MR) is 82.7 cm³/mol. The second kappa shape index (κ2) is 10.4. The number of hydrogen-bond donors (Lipinski definition) is 1. The Labute approximate surface area is 129 Å². The van der Waals surface area contributed by atoms with E-state index in [0.29, 0.717) is 13.2 Å². The van der Waals surface area contributed by atoms with Gasteiger partial charge in [-0.15, -0.1) is 0 Å². The standard InChI is InChI=1S/C12H16N2O6.C2H6/c1-18-5-4-13-11-9(14(16)17)6-8(12(15)20-3)7-10(11)19-2;1-2/h6-7,13H,4-5H2,1-3H3;1-2H3. The second-order valence-electron chi connectivity index (χ2n) is 3.74. The monoisotopic (exact) mass is 314 g/mol. The van der Waals surface area contributed by atoms with E-state index in [9.17, 15) is 14.9 Å². The van der Waals surface area contributed by atoms with Gasteiger partial charge in [-0.1, -0.05) is 13.8 Å². The molecule has 8 nitrogen and oxygen atoms in total. The van der Waals surface area contributed by atoms with E-state index in [4.69, 9.17) is 9.47 Å². The van der Waals surface area contributed by atoms with Crippen molar-refractivity contribution in [2.24, 2.45) is 0 Å². The van der Waals surface area contributed by atoms with Gasteiger partial charge in [-0.05, 0) is 6.07 Å². The van der Waals surface area contributed by atoms with Crippen LogP contribution in [-0.4, -0.2) is 45.4 Å². The number of methoxy groups -OCH3 is 3. The third-order valence-electron chi connectivity index (χ3n) is 2.53. The highest BCUT2D eigenvalue weighted by Crippen LogP contribution is 2.35. The van der Waals surface area contributed by atoms with Crippen molar-refractivity contribution in [2.75, 3.05) is 39.8 Å². The maximum absolute atomic E-state index is 11.5. The van der Waals surface area contributed by atoms with Crippen LogP contribution in [0.1, 0.15) is 24.2 Å². The van der Waals surface area contributed by atoms with Crippen molar-refractivity contribution in [2.45, 2.75) is 13.8 Å². The van der Waals surface area contributed by atoms with Crippen LogP contribution in [0.25, 0.3) is 0 Å². The van der Waals surface area contributed by atoms with Crippen LogP contribution in [0.2, 0.25) is 0 Å². The van der Waals surface area contributed by atoms with E-state index in [2.05, 4.69) is 10.1 Å². The number of nitro groups is 1. The fourth-order valence-corrected chi connectivity index (χ4v) is 1.60. The van der Waals surface area contributed by atoms with Crippen LogP contribution in [0.4, 0.5) is 11.4 Å². The Balaban J connectivity index is 0.00000211. The number of anilines is 1. The van der Waals surface area contributed by atoms with E-state index < -0.39 is 10.9 Å². The molecule has 0 heterocycles. The lowest BCUT2D eigenvalue weighted by atomic mass is 10.1. The normalized spacial score (nSPS) is 9.32. The third-order valence-corrected chi connectivity index (χ3v) is 2.53. The van der Waals surface area contributed by atoms with Crippen LogP contribution in [-0.2, 0) is 9.47 Å². The summed E-state index contributed by atoms with van der Waals surface area (Å²) in [6.45, 7) is 4.74. The number of carbonyl (C=O) groups excluding carboxylic acids is 1. The maximum atomic E-state index is 11.5. The summed E-state index contributed by atoms with van der Waals surface area (Å²) in [5, 5.41) is 14.0. The molecule has 0 unspecified atom stereocenters. The molecule has 22 heavy (non-hydrogen) atoms. The highest BCUT2D eigenvalue weighted by Gasteiger charge is 2.23. The van der Waals surface area contributed by atoms with Crippen molar-refractivity contribution in [3.8, 4) is 5.75 Å². The number of nitrogens with one attached hydrogen (secondary N) is 1. The van der Waals surface area contributed by atoms with Crippen LogP contribution in [0.5, 0.6) is 5.75 Å². The SMILES string of the molecule is CC.COCCNc1c(OC)cc(C(=O)OC)cc1[N+](=O)[O-]. The topological polar surface area (TPSA) is 99.9 Å². The van der Waals surface area contributed by atoms with Gasteiger partial charge in [0.15, 0.2) is 5.69 Å². The first-order valence-electron chi connectivity index (χ1n) is 6.72. The number of carbonyl (C=O) groups is 1. The predicted octanol–water partition coefficient (Wildman–Crippen LogP) is 2.47. The quantitative estimate of drug-likeness (QED) is 0.357. The molecule has 1 rings (SSSR count). The summed E-state index contributed by atoms with van der Waals surface area (Å²) in [5.74, 6) is -0.481. The number of benzene rings is 1. The van der Waals surface area contributed by atoms with Crippen LogP contribution in [0.15, 0.2) is 12.1 Å². The van der Waals surface area contributed by atoms with Crippen molar-refractivity contribution in [3.05, 3.63) is 27.8 Å². The number of rotatable bonds is 7.